The minimum atomic E-state index is 0.00262. The summed E-state index contributed by atoms with van der Waals surface area (Å²) in [5.41, 5.74) is 3.39. The lowest BCUT2D eigenvalue weighted by Crippen LogP contribution is -2.36. The van der Waals surface area contributed by atoms with Gasteiger partial charge in [0, 0.05) is 24.3 Å². The van der Waals surface area contributed by atoms with E-state index in [0.29, 0.717) is 17.3 Å². The molecule has 2 aromatic carbocycles. The number of nitrogens with one attached hydrogen (secondary N) is 2. The van der Waals surface area contributed by atoms with Gasteiger partial charge in [0.1, 0.15) is 0 Å². The first-order valence-electron chi connectivity index (χ1n) is 9.45. The van der Waals surface area contributed by atoms with Crippen LogP contribution in [0.4, 0.5) is 28.8 Å². The molecule has 1 saturated heterocycles. The molecule has 2 N–H and O–H groups in total. The highest BCUT2D eigenvalue weighted by molar-refractivity contribution is 5.95. The molecule has 1 aromatic heterocycles. The summed E-state index contributed by atoms with van der Waals surface area (Å²) in [5.74, 6) is 0.924. The first kappa shape index (κ1) is 18.8. The number of carbonyl (C=O) groups is 1. The van der Waals surface area contributed by atoms with Crippen molar-refractivity contribution >= 4 is 34.6 Å². The van der Waals surface area contributed by atoms with Gasteiger partial charge in [-0.2, -0.15) is 10.1 Å². The van der Waals surface area contributed by atoms with Gasteiger partial charge < -0.3 is 20.3 Å². The van der Waals surface area contributed by atoms with Crippen LogP contribution in [0.5, 0.6) is 0 Å². The van der Waals surface area contributed by atoms with Gasteiger partial charge in [-0.1, -0.05) is 24.3 Å². The van der Waals surface area contributed by atoms with Crippen molar-refractivity contribution in [3.8, 4) is 0 Å². The number of Topliss-reactive ketones (excluding diaryl/α,β-unsaturated/α-hetero) is 1. The van der Waals surface area contributed by atoms with E-state index in [0.717, 1.165) is 43.4 Å². The van der Waals surface area contributed by atoms with Gasteiger partial charge >= 0.3 is 0 Å². The SMILES string of the molecule is CC(=O)c1cccc(Nc2nncc(Nc3ccccc3N3CCOCC3)n2)c1. The number of ketones is 1. The number of hydrogen-bond donors (Lipinski definition) is 2. The minimum Gasteiger partial charge on any atom is -0.378 e. The molecular weight excluding hydrogens is 368 g/mol. The third-order valence-electron chi connectivity index (χ3n) is 4.60. The molecule has 0 aliphatic carbocycles. The Morgan fingerprint density at radius 2 is 1.90 bits per heavy atom. The molecule has 0 saturated carbocycles. The maximum atomic E-state index is 11.6. The quantitative estimate of drug-likeness (QED) is 0.619. The minimum absolute atomic E-state index is 0.00262. The average molecular weight is 390 g/mol. The fraction of sp³-hybridized carbons (Fsp3) is 0.238. The predicted molar refractivity (Wildman–Crippen MR) is 112 cm³/mol. The Morgan fingerprint density at radius 1 is 1.07 bits per heavy atom. The summed E-state index contributed by atoms with van der Waals surface area (Å²) in [6, 6.07) is 15.3. The lowest BCUT2D eigenvalue weighted by atomic mass is 10.1. The normalized spacial score (nSPS) is 13.8. The van der Waals surface area contributed by atoms with Gasteiger partial charge in [0.2, 0.25) is 5.95 Å². The van der Waals surface area contributed by atoms with Crippen molar-refractivity contribution in [3.63, 3.8) is 0 Å². The van der Waals surface area contributed by atoms with Gasteiger partial charge in [-0.05, 0) is 31.2 Å². The van der Waals surface area contributed by atoms with Crippen molar-refractivity contribution in [3.05, 3.63) is 60.3 Å². The standard InChI is InChI=1S/C21H22N6O2/c1-15(28)16-5-4-6-17(13-16)23-21-25-20(14-22-26-21)24-18-7-2-3-8-19(18)27-9-11-29-12-10-27/h2-8,13-14H,9-12H2,1H3,(H2,23,24,25,26). The topological polar surface area (TPSA) is 92.3 Å². The van der Waals surface area contributed by atoms with Crippen molar-refractivity contribution in [2.75, 3.05) is 41.8 Å². The van der Waals surface area contributed by atoms with Crippen LogP contribution < -0.4 is 15.5 Å². The van der Waals surface area contributed by atoms with E-state index in [-0.39, 0.29) is 5.78 Å². The largest absolute Gasteiger partial charge is 0.378 e. The summed E-state index contributed by atoms with van der Waals surface area (Å²) in [4.78, 5) is 18.4. The molecule has 8 nitrogen and oxygen atoms in total. The Bertz CT molecular complexity index is 1000. The highest BCUT2D eigenvalue weighted by atomic mass is 16.5. The second-order valence-corrected chi connectivity index (χ2v) is 6.67. The molecule has 1 aliphatic rings. The summed E-state index contributed by atoms with van der Waals surface area (Å²) >= 11 is 0. The molecule has 0 radical (unpaired) electrons. The number of anilines is 5. The molecule has 8 heteroatoms. The first-order valence-corrected chi connectivity index (χ1v) is 9.45. The lowest BCUT2D eigenvalue weighted by Gasteiger charge is -2.30. The van der Waals surface area contributed by atoms with E-state index in [4.69, 9.17) is 4.74 Å². The van der Waals surface area contributed by atoms with Crippen molar-refractivity contribution < 1.29 is 9.53 Å². The van der Waals surface area contributed by atoms with Crippen molar-refractivity contribution in [2.24, 2.45) is 0 Å². The zero-order valence-electron chi connectivity index (χ0n) is 16.1. The number of morpholine rings is 1. The summed E-state index contributed by atoms with van der Waals surface area (Å²) in [6.07, 6.45) is 1.58. The predicted octanol–water partition coefficient (Wildman–Crippen LogP) is 3.40. The Labute approximate surface area is 168 Å². The molecule has 0 atom stereocenters. The fourth-order valence-electron chi connectivity index (χ4n) is 3.16. The van der Waals surface area contributed by atoms with Crippen LogP contribution in [-0.2, 0) is 4.74 Å². The Morgan fingerprint density at radius 3 is 2.72 bits per heavy atom. The van der Waals surface area contributed by atoms with Gasteiger partial charge in [0.25, 0.3) is 0 Å². The van der Waals surface area contributed by atoms with E-state index in [1.165, 1.54) is 6.92 Å². The molecule has 2 heterocycles. The summed E-state index contributed by atoms with van der Waals surface area (Å²) in [7, 11) is 0. The van der Waals surface area contributed by atoms with Crippen LogP contribution >= 0.6 is 0 Å². The third-order valence-corrected chi connectivity index (χ3v) is 4.60. The number of benzene rings is 2. The molecular formula is C21H22N6O2. The number of carbonyl (C=O) groups excluding carboxylic acids is 1. The van der Waals surface area contributed by atoms with Crippen LogP contribution in [0.2, 0.25) is 0 Å². The zero-order chi connectivity index (χ0) is 20.1. The first-order chi connectivity index (χ1) is 14.2. The smallest absolute Gasteiger partial charge is 0.249 e. The number of para-hydroxylation sites is 2. The van der Waals surface area contributed by atoms with Gasteiger partial charge in [-0.15, -0.1) is 5.10 Å². The average Bonchev–Trinajstić information content (AvgIpc) is 2.75. The molecule has 1 fully saturated rings. The molecule has 0 amide bonds. The van der Waals surface area contributed by atoms with Crippen LogP contribution in [0.25, 0.3) is 0 Å². The molecule has 4 rings (SSSR count). The summed E-state index contributed by atoms with van der Waals surface area (Å²) in [5, 5.41) is 14.5. The summed E-state index contributed by atoms with van der Waals surface area (Å²) in [6.45, 7) is 4.67. The number of aromatic nitrogens is 3. The van der Waals surface area contributed by atoms with E-state index in [2.05, 4.69) is 36.8 Å². The molecule has 3 aromatic rings. The van der Waals surface area contributed by atoms with Crippen LogP contribution in [0, 0.1) is 0 Å². The van der Waals surface area contributed by atoms with Crippen LogP contribution in [0.15, 0.2) is 54.7 Å². The Hall–Kier alpha value is -3.52. The second kappa shape index (κ2) is 8.66. The highest BCUT2D eigenvalue weighted by Gasteiger charge is 2.15. The van der Waals surface area contributed by atoms with E-state index >= 15 is 0 Å². The van der Waals surface area contributed by atoms with Crippen LogP contribution in [0.1, 0.15) is 17.3 Å². The third kappa shape index (κ3) is 4.67. The zero-order valence-corrected chi connectivity index (χ0v) is 16.1. The Kier molecular flexibility index (Phi) is 5.62. The number of ether oxygens (including phenoxy) is 1. The molecule has 1 aliphatic heterocycles. The van der Waals surface area contributed by atoms with Gasteiger partial charge in [-0.25, -0.2) is 0 Å². The monoisotopic (exact) mass is 390 g/mol. The molecule has 148 valence electrons. The van der Waals surface area contributed by atoms with E-state index in [1.54, 1.807) is 18.3 Å². The van der Waals surface area contributed by atoms with Crippen molar-refractivity contribution in [1.29, 1.82) is 0 Å². The summed E-state index contributed by atoms with van der Waals surface area (Å²) < 4.78 is 5.45. The van der Waals surface area contributed by atoms with Gasteiger partial charge in [-0.3, -0.25) is 4.79 Å². The van der Waals surface area contributed by atoms with Crippen LogP contribution in [0.3, 0.4) is 0 Å². The van der Waals surface area contributed by atoms with Crippen LogP contribution in [-0.4, -0.2) is 47.3 Å². The molecule has 0 spiro atoms. The van der Waals surface area contributed by atoms with Crippen molar-refractivity contribution in [1.82, 2.24) is 15.2 Å². The Balaban J connectivity index is 1.53. The fourth-order valence-corrected chi connectivity index (χ4v) is 3.16. The molecule has 29 heavy (non-hydrogen) atoms. The number of hydrogen-bond acceptors (Lipinski definition) is 8. The molecule has 0 bridgehead atoms. The maximum Gasteiger partial charge on any atom is 0.249 e. The second-order valence-electron chi connectivity index (χ2n) is 6.67. The van der Waals surface area contributed by atoms with Gasteiger partial charge in [0.15, 0.2) is 11.6 Å². The number of rotatable bonds is 6. The van der Waals surface area contributed by atoms with Gasteiger partial charge in [0.05, 0.1) is 30.8 Å². The maximum absolute atomic E-state index is 11.6. The lowest BCUT2D eigenvalue weighted by molar-refractivity contribution is 0.101. The highest BCUT2D eigenvalue weighted by Crippen LogP contribution is 2.28. The van der Waals surface area contributed by atoms with Crippen molar-refractivity contribution in [2.45, 2.75) is 6.92 Å². The van der Waals surface area contributed by atoms with E-state index < -0.39 is 0 Å². The van der Waals surface area contributed by atoms with E-state index in [9.17, 15) is 4.79 Å². The molecule has 0 unspecified atom stereocenters. The van der Waals surface area contributed by atoms with E-state index in [1.807, 2.05) is 30.3 Å². The number of nitrogens with zero attached hydrogens (tertiary/aromatic N) is 4.